The molecule has 0 radical (unpaired) electrons. The Balaban J connectivity index is 1.94. The van der Waals surface area contributed by atoms with Crippen molar-refractivity contribution in [3.05, 3.63) is 45.6 Å². The van der Waals surface area contributed by atoms with Gasteiger partial charge in [0.25, 0.3) is 5.69 Å². The Kier molecular flexibility index (Phi) is 4.55. The number of nitrogens with zero attached hydrogens (tertiary/aromatic N) is 3. The lowest BCUT2D eigenvalue weighted by Gasteiger charge is -2.18. The molecule has 7 nitrogen and oxygen atoms in total. The third-order valence-electron chi connectivity index (χ3n) is 3.81. The van der Waals surface area contributed by atoms with Gasteiger partial charge >= 0.3 is 0 Å². The van der Waals surface area contributed by atoms with Crippen LogP contribution in [0.25, 0.3) is 5.69 Å². The molecule has 1 aromatic heterocycles. The molecule has 0 aliphatic carbocycles. The second-order valence-corrected chi connectivity index (χ2v) is 8.22. The molecule has 2 aromatic rings. The smallest absolute Gasteiger partial charge is 0.269 e. The van der Waals surface area contributed by atoms with Crippen LogP contribution in [0.2, 0.25) is 0 Å². The molecule has 0 unspecified atom stereocenters. The Hall–Kier alpha value is -2.35. The molecule has 132 valence electrons. The summed E-state index contributed by atoms with van der Waals surface area (Å²) >= 11 is 1.76. The molecule has 3 rings (SSSR count). The summed E-state index contributed by atoms with van der Waals surface area (Å²) in [5.41, 5.74) is 2.59. The van der Waals surface area contributed by atoms with Crippen LogP contribution in [0.4, 0.5) is 11.5 Å². The molecule has 1 N–H and O–H groups in total. The quantitative estimate of drug-likeness (QED) is 0.659. The molecule has 8 heteroatoms. The molecule has 0 fully saturated rings. The van der Waals surface area contributed by atoms with Crippen LogP contribution >= 0.6 is 11.8 Å². The fourth-order valence-electron chi connectivity index (χ4n) is 2.70. The van der Waals surface area contributed by atoms with Gasteiger partial charge in [0.2, 0.25) is 5.91 Å². The summed E-state index contributed by atoms with van der Waals surface area (Å²) in [6.07, 6.45) is 0.403. The van der Waals surface area contributed by atoms with E-state index in [4.69, 9.17) is 0 Å². The monoisotopic (exact) mass is 360 g/mol. The predicted octanol–water partition coefficient (Wildman–Crippen LogP) is 3.90. The molecule has 0 spiro atoms. The van der Waals surface area contributed by atoms with E-state index in [1.54, 1.807) is 28.6 Å². The molecule has 0 bridgehead atoms. The Morgan fingerprint density at radius 2 is 2.00 bits per heavy atom. The van der Waals surface area contributed by atoms with Crippen LogP contribution in [0.3, 0.4) is 0 Å². The van der Waals surface area contributed by atoms with Gasteiger partial charge in [-0.05, 0) is 17.5 Å². The number of non-ortho nitro benzene ring substituents is 1. The average molecular weight is 360 g/mol. The molecule has 1 amide bonds. The molecule has 1 aliphatic heterocycles. The number of nitro groups is 1. The molecule has 25 heavy (non-hydrogen) atoms. The first-order valence-electron chi connectivity index (χ1n) is 7.98. The van der Waals surface area contributed by atoms with Gasteiger partial charge in [0.1, 0.15) is 5.82 Å². The molecule has 1 aliphatic rings. The van der Waals surface area contributed by atoms with Crippen molar-refractivity contribution in [1.29, 1.82) is 0 Å². The van der Waals surface area contributed by atoms with E-state index >= 15 is 0 Å². The number of rotatable bonds is 4. The third kappa shape index (κ3) is 3.84. The van der Waals surface area contributed by atoms with E-state index in [-0.39, 0.29) is 17.0 Å². The van der Waals surface area contributed by atoms with E-state index in [0.717, 1.165) is 22.8 Å². The van der Waals surface area contributed by atoms with Gasteiger partial charge in [-0.1, -0.05) is 20.8 Å². The number of hydrogen-bond acceptors (Lipinski definition) is 5. The maximum atomic E-state index is 12.4. The first-order chi connectivity index (χ1) is 11.7. The minimum Gasteiger partial charge on any atom is -0.310 e. The molecular formula is C17H20N4O3S. The number of nitrogens with one attached hydrogen (secondary N) is 1. The molecule has 2 heterocycles. The average Bonchev–Trinajstić information content (AvgIpc) is 3.08. The zero-order valence-corrected chi connectivity index (χ0v) is 15.2. The number of amides is 1. The van der Waals surface area contributed by atoms with Crippen LogP contribution in [0.1, 0.15) is 38.4 Å². The normalized spacial score (nSPS) is 13.6. The lowest BCUT2D eigenvalue weighted by atomic mass is 9.92. The Morgan fingerprint density at radius 1 is 1.32 bits per heavy atom. The number of fused-ring (bicyclic) bond motifs is 1. The van der Waals surface area contributed by atoms with Gasteiger partial charge in [0.15, 0.2) is 0 Å². The van der Waals surface area contributed by atoms with E-state index in [2.05, 4.69) is 10.4 Å². The second-order valence-electron chi connectivity index (χ2n) is 7.24. The van der Waals surface area contributed by atoms with E-state index in [0.29, 0.717) is 17.9 Å². The summed E-state index contributed by atoms with van der Waals surface area (Å²) in [7, 11) is 0. The second kappa shape index (κ2) is 6.51. The zero-order chi connectivity index (χ0) is 18.2. The number of hydrogen-bond donors (Lipinski definition) is 1. The minimum atomic E-state index is -0.435. The predicted molar refractivity (Wildman–Crippen MR) is 97.9 cm³/mol. The first-order valence-corrected chi connectivity index (χ1v) is 9.13. The standard InChI is InChI=1S/C17H20N4O3S/c1-17(2,3)8-15(22)18-16-13-9-25-10-14(13)19-20(16)11-4-6-12(7-5-11)21(23)24/h4-7H,8-10H2,1-3H3,(H,18,22). The van der Waals surface area contributed by atoms with Crippen molar-refractivity contribution < 1.29 is 9.72 Å². The number of anilines is 1. The number of aromatic nitrogens is 2. The lowest BCUT2D eigenvalue weighted by molar-refractivity contribution is -0.384. The Bertz CT molecular complexity index is 822. The summed E-state index contributed by atoms with van der Waals surface area (Å²) in [4.78, 5) is 22.8. The highest BCUT2D eigenvalue weighted by atomic mass is 32.2. The molecule has 1 aromatic carbocycles. The van der Waals surface area contributed by atoms with Crippen LogP contribution in [0.5, 0.6) is 0 Å². The highest BCUT2D eigenvalue weighted by Gasteiger charge is 2.26. The number of carbonyl (C=O) groups excluding carboxylic acids is 1. The van der Waals surface area contributed by atoms with Crippen molar-refractivity contribution in [3.63, 3.8) is 0 Å². The number of thioether (sulfide) groups is 1. The van der Waals surface area contributed by atoms with Gasteiger partial charge in [-0.15, -0.1) is 0 Å². The van der Waals surface area contributed by atoms with Crippen molar-refractivity contribution >= 4 is 29.2 Å². The summed E-state index contributed by atoms with van der Waals surface area (Å²) < 4.78 is 1.68. The van der Waals surface area contributed by atoms with Gasteiger partial charge in [-0.25, -0.2) is 4.68 Å². The van der Waals surface area contributed by atoms with Crippen LogP contribution in [-0.4, -0.2) is 20.6 Å². The van der Waals surface area contributed by atoms with Crippen LogP contribution in [0, 0.1) is 15.5 Å². The number of benzene rings is 1. The maximum absolute atomic E-state index is 12.4. The van der Waals surface area contributed by atoms with Crippen molar-refractivity contribution in [2.24, 2.45) is 5.41 Å². The molecule has 0 atom stereocenters. The van der Waals surface area contributed by atoms with Crippen LogP contribution in [0.15, 0.2) is 24.3 Å². The van der Waals surface area contributed by atoms with E-state index < -0.39 is 4.92 Å². The highest BCUT2D eigenvalue weighted by Crippen LogP contribution is 2.36. The summed E-state index contributed by atoms with van der Waals surface area (Å²) in [6.45, 7) is 6.04. The summed E-state index contributed by atoms with van der Waals surface area (Å²) in [5.74, 6) is 2.21. The topological polar surface area (TPSA) is 90.1 Å². The summed E-state index contributed by atoms with van der Waals surface area (Å²) in [5, 5.41) is 18.4. The fraction of sp³-hybridized carbons (Fsp3) is 0.412. The lowest BCUT2D eigenvalue weighted by Crippen LogP contribution is -2.21. The zero-order valence-electron chi connectivity index (χ0n) is 14.4. The van der Waals surface area contributed by atoms with Gasteiger partial charge in [-0.2, -0.15) is 16.9 Å². The summed E-state index contributed by atoms with van der Waals surface area (Å²) in [6, 6.07) is 6.18. The molecule has 0 saturated carbocycles. The molecule has 0 saturated heterocycles. The van der Waals surface area contributed by atoms with E-state index in [9.17, 15) is 14.9 Å². The van der Waals surface area contributed by atoms with Crippen molar-refractivity contribution in [3.8, 4) is 5.69 Å². The highest BCUT2D eigenvalue weighted by molar-refractivity contribution is 7.98. The fourth-order valence-corrected chi connectivity index (χ4v) is 3.74. The van der Waals surface area contributed by atoms with E-state index in [1.165, 1.54) is 12.1 Å². The molecular weight excluding hydrogens is 340 g/mol. The third-order valence-corrected chi connectivity index (χ3v) is 4.78. The van der Waals surface area contributed by atoms with Gasteiger partial charge in [0, 0.05) is 35.6 Å². The van der Waals surface area contributed by atoms with Crippen molar-refractivity contribution in [2.75, 3.05) is 5.32 Å². The SMILES string of the molecule is CC(C)(C)CC(=O)Nc1c2c(nn1-c1ccc([N+](=O)[O-])cc1)CSC2. The Labute approximate surface area is 149 Å². The largest absolute Gasteiger partial charge is 0.310 e. The van der Waals surface area contributed by atoms with Gasteiger partial charge < -0.3 is 5.32 Å². The first kappa shape index (κ1) is 17.5. The number of nitro benzene ring substituents is 1. The van der Waals surface area contributed by atoms with Crippen LogP contribution in [-0.2, 0) is 16.3 Å². The van der Waals surface area contributed by atoms with Gasteiger partial charge in [-0.3, -0.25) is 14.9 Å². The number of carbonyl (C=O) groups is 1. The van der Waals surface area contributed by atoms with Gasteiger partial charge in [0.05, 0.1) is 16.3 Å². The maximum Gasteiger partial charge on any atom is 0.269 e. The Morgan fingerprint density at radius 3 is 2.60 bits per heavy atom. The van der Waals surface area contributed by atoms with Crippen molar-refractivity contribution in [1.82, 2.24) is 9.78 Å². The van der Waals surface area contributed by atoms with Crippen molar-refractivity contribution in [2.45, 2.75) is 38.7 Å². The van der Waals surface area contributed by atoms with E-state index in [1.807, 2.05) is 20.8 Å². The minimum absolute atomic E-state index is 0.0253. The van der Waals surface area contributed by atoms with Crippen LogP contribution < -0.4 is 5.32 Å².